The summed E-state index contributed by atoms with van der Waals surface area (Å²) < 4.78 is 0. The lowest BCUT2D eigenvalue weighted by Gasteiger charge is -2.25. The Kier molecular flexibility index (Phi) is 1.92. The van der Waals surface area contributed by atoms with Gasteiger partial charge in [-0.15, -0.1) is 0 Å². The smallest absolute Gasteiger partial charge is 0.0172 e. The van der Waals surface area contributed by atoms with Crippen molar-refractivity contribution < 1.29 is 0 Å². The van der Waals surface area contributed by atoms with Crippen molar-refractivity contribution in [3.05, 3.63) is 12.2 Å². The minimum absolute atomic E-state index is 0.655. The molecule has 3 aliphatic carbocycles. The van der Waals surface area contributed by atoms with Gasteiger partial charge < -0.3 is 0 Å². The molecule has 15 heavy (non-hydrogen) atoms. The van der Waals surface area contributed by atoms with E-state index in [1.54, 1.807) is 5.57 Å². The zero-order chi connectivity index (χ0) is 10.8. The van der Waals surface area contributed by atoms with Crippen LogP contribution in [0, 0.1) is 35.0 Å². The highest BCUT2D eigenvalue weighted by molar-refractivity contribution is 5.20. The topological polar surface area (TPSA) is 0 Å². The Morgan fingerprint density at radius 3 is 2.67 bits per heavy atom. The van der Waals surface area contributed by atoms with E-state index >= 15 is 0 Å². The molecule has 3 saturated carbocycles. The van der Waals surface area contributed by atoms with E-state index in [4.69, 9.17) is 0 Å². The highest BCUT2D eigenvalue weighted by Crippen LogP contribution is 2.70. The van der Waals surface area contributed by atoms with Crippen molar-refractivity contribution in [1.82, 2.24) is 0 Å². The monoisotopic (exact) mass is 204 g/mol. The normalized spacial score (nSPS) is 51.9. The van der Waals surface area contributed by atoms with E-state index in [2.05, 4.69) is 27.4 Å². The van der Waals surface area contributed by atoms with E-state index in [1.807, 2.05) is 0 Å². The fourth-order valence-electron chi connectivity index (χ4n) is 4.93. The lowest BCUT2D eigenvalue weighted by molar-refractivity contribution is 0.280. The van der Waals surface area contributed by atoms with E-state index in [-0.39, 0.29) is 0 Å². The summed E-state index contributed by atoms with van der Waals surface area (Å²) in [6.07, 6.45) is 5.63. The molecule has 2 unspecified atom stereocenters. The first-order valence-corrected chi connectivity index (χ1v) is 6.71. The first kappa shape index (κ1) is 9.93. The maximum absolute atomic E-state index is 4.35. The molecule has 0 nitrogen and oxygen atoms in total. The van der Waals surface area contributed by atoms with Gasteiger partial charge in [-0.25, -0.2) is 0 Å². The van der Waals surface area contributed by atoms with E-state index in [0.717, 1.165) is 29.6 Å². The van der Waals surface area contributed by atoms with Crippen LogP contribution in [0.4, 0.5) is 0 Å². The van der Waals surface area contributed by atoms with Crippen LogP contribution in [-0.4, -0.2) is 0 Å². The summed E-state index contributed by atoms with van der Waals surface area (Å²) in [7, 11) is 0. The first-order chi connectivity index (χ1) is 7.03. The Bertz CT molecular complexity index is 299. The third kappa shape index (κ3) is 1.20. The Labute approximate surface area is 94.1 Å². The summed E-state index contributed by atoms with van der Waals surface area (Å²) in [5.41, 5.74) is 2.25. The second-order valence-corrected chi connectivity index (χ2v) is 6.89. The van der Waals surface area contributed by atoms with Crippen LogP contribution >= 0.6 is 0 Å². The fourth-order valence-corrected chi connectivity index (χ4v) is 4.93. The van der Waals surface area contributed by atoms with Crippen molar-refractivity contribution in [2.75, 3.05) is 0 Å². The van der Waals surface area contributed by atoms with E-state index in [9.17, 15) is 0 Å². The number of allylic oxidation sites excluding steroid dienone is 1. The largest absolute Gasteiger partial charge is 0.0996 e. The zero-order valence-corrected chi connectivity index (χ0v) is 10.4. The summed E-state index contributed by atoms with van der Waals surface area (Å²) in [6.45, 7) is 11.8. The molecule has 0 aromatic carbocycles. The molecule has 84 valence electrons. The van der Waals surface area contributed by atoms with Gasteiger partial charge in [-0.05, 0) is 60.7 Å². The molecule has 0 heteroatoms. The molecular weight excluding hydrogens is 180 g/mol. The molecule has 0 aromatic rings. The summed E-state index contributed by atoms with van der Waals surface area (Å²) >= 11 is 0. The molecule has 0 aromatic heterocycles. The molecule has 0 saturated heterocycles. The van der Waals surface area contributed by atoms with E-state index in [0.29, 0.717) is 5.41 Å². The Morgan fingerprint density at radius 2 is 1.93 bits per heavy atom. The molecule has 3 rings (SSSR count). The van der Waals surface area contributed by atoms with Gasteiger partial charge in [-0.3, -0.25) is 0 Å². The second-order valence-electron chi connectivity index (χ2n) is 6.89. The lowest BCUT2D eigenvalue weighted by Crippen LogP contribution is -2.18. The van der Waals surface area contributed by atoms with Gasteiger partial charge in [0.2, 0.25) is 0 Å². The summed E-state index contributed by atoms with van der Waals surface area (Å²) in [5.74, 6) is 4.87. The molecule has 5 atom stereocenters. The van der Waals surface area contributed by atoms with Crippen LogP contribution in [0.5, 0.6) is 0 Å². The highest BCUT2D eigenvalue weighted by Gasteiger charge is 2.64. The average Bonchev–Trinajstić information content (AvgIpc) is 2.55. The standard InChI is InChI=1S/C15H24/c1-9-6-8-12-14(15(12,3)4)13-10(2)5-7-11(9)13/h10-14H,1,5-8H2,2-4H3/t10-,11?,12+,13?,14+/m1/s1. The molecule has 0 heterocycles. The third-order valence-corrected chi connectivity index (χ3v) is 5.91. The van der Waals surface area contributed by atoms with Crippen molar-refractivity contribution in [3.63, 3.8) is 0 Å². The molecule has 0 radical (unpaired) electrons. The number of rotatable bonds is 0. The average molecular weight is 204 g/mol. The SMILES string of the molecule is C=C1CC[C@H]2[C@@H](C3C1CC[C@H]3C)C2(C)C. The molecule has 0 bridgehead atoms. The quantitative estimate of drug-likeness (QED) is 0.517. The van der Waals surface area contributed by atoms with Crippen LogP contribution < -0.4 is 0 Å². The van der Waals surface area contributed by atoms with Gasteiger partial charge in [0.05, 0.1) is 0 Å². The maximum Gasteiger partial charge on any atom is -0.0172 e. The molecule has 3 aliphatic rings. The zero-order valence-electron chi connectivity index (χ0n) is 10.4. The van der Waals surface area contributed by atoms with Crippen molar-refractivity contribution in [2.24, 2.45) is 35.0 Å². The minimum atomic E-state index is 0.655. The fraction of sp³-hybridized carbons (Fsp3) is 0.867. The van der Waals surface area contributed by atoms with Crippen LogP contribution in [0.2, 0.25) is 0 Å². The predicted molar refractivity (Wildman–Crippen MR) is 64.5 cm³/mol. The van der Waals surface area contributed by atoms with E-state index < -0.39 is 0 Å². The molecule has 3 fully saturated rings. The van der Waals surface area contributed by atoms with Crippen LogP contribution in [0.15, 0.2) is 12.2 Å². The minimum Gasteiger partial charge on any atom is -0.0996 e. The van der Waals surface area contributed by atoms with Crippen LogP contribution in [-0.2, 0) is 0 Å². The molecule has 0 aliphatic heterocycles. The van der Waals surface area contributed by atoms with Crippen LogP contribution in [0.25, 0.3) is 0 Å². The van der Waals surface area contributed by atoms with Gasteiger partial charge in [0.1, 0.15) is 0 Å². The van der Waals surface area contributed by atoms with Crippen molar-refractivity contribution >= 4 is 0 Å². The molecular formula is C15H24. The second kappa shape index (κ2) is 2.90. The number of fused-ring (bicyclic) bond motifs is 3. The molecule has 0 spiro atoms. The van der Waals surface area contributed by atoms with Gasteiger partial charge >= 0.3 is 0 Å². The Morgan fingerprint density at radius 1 is 1.20 bits per heavy atom. The van der Waals surface area contributed by atoms with Gasteiger partial charge in [-0.2, -0.15) is 0 Å². The maximum atomic E-state index is 4.35. The van der Waals surface area contributed by atoms with Gasteiger partial charge in [-0.1, -0.05) is 32.9 Å². The van der Waals surface area contributed by atoms with Crippen molar-refractivity contribution in [3.8, 4) is 0 Å². The van der Waals surface area contributed by atoms with Gasteiger partial charge in [0.15, 0.2) is 0 Å². The van der Waals surface area contributed by atoms with Crippen LogP contribution in [0.1, 0.15) is 46.5 Å². The third-order valence-electron chi connectivity index (χ3n) is 5.91. The van der Waals surface area contributed by atoms with Gasteiger partial charge in [0, 0.05) is 0 Å². The Hall–Kier alpha value is -0.260. The molecule has 0 amide bonds. The Balaban J connectivity index is 1.93. The summed E-state index contributed by atoms with van der Waals surface area (Å²) in [5, 5.41) is 0. The lowest BCUT2D eigenvalue weighted by atomic mass is 9.80. The highest BCUT2D eigenvalue weighted by atomic mass is 14.7. The number of hydrogen-bond acceptors (Lipinski definition) is 0. The summed E-state index contributed by atoms with van der Waals surface area (Å²) in [4.78, 5) is 0. The first-order valence-electron chi connectivity index (χ1n) is 6.71. The molecule has 0 N–H and O–H groups in total. The summed E-state index contributed by atoms with van der Waals surface area (Å²) in [6, 6.07) is 0. The van der Waals surface area contributed by atoms with E-state index in [1.165, 1.54) is 25.7 Å². The van der Waals surface area contributed by atoms with Crippen LogP contribution in [0.3, 0.4) is 0 Å². The van der Waals surface area contributed by atoms with Crippen molar-refractivity contribution in [2.45, 2.75) is 46.5 Å². The number of hydrogen-bond donors (Lipinski definition) is 0. The predicted octanol–water partition coefficient (Wildman–Crippen LogP) is 4.27. The van der Waals surface area contributed by atoms with Gasteiger partial charge in [0.25, 0.3) is 0 Å². The van der Waals surface area contributed by atoms with Crippen molar-refractivity contribution in [1.29, 1.82) is 0 Å².